The van der Waals surface area contributed by atoms with Crippen molar-refractivity contribution in [3.8, 4) is 0 Å². The highest BCUT2D eigenvalue weighted by Crippen LogP contribution is 2.13. The first-order chi connectivity index (χ1) is 11.0. The molecule has 0 N–H and O–H groups in total. The molecule has 2 nitrogen and oxygen atoms in total. The van der Waals surface area contributed by atoms with Crippen LogP contribution in [0, 0.1) is 23.3 Å². The first-order valence-corrected chi connectivity index (χ1v) is 7.00. The Labute approximate surface area is 131 Å². The van der Waals surface area contributed by atoms with E-state index in [1.54, 1.807) is 12.1 Å². The maximum Gasteiger partial charge on any atom is 0.194 e. The quantitative estimate of drug-likeness (QED) is 0.331. The Morgan fingerprint density at radius 2 is 1.52 bits per heavy atom. The molecule has 0 bridgehead atoms. The van der Waals surface area contributed by atoms with E-state index < -0.39 is 23.3 Å². The van der Waals surface area contributed by atoms with Crippen molar-refractivity contribution in [1.29, 1.82) is 0 Å². The molecule has 2 aromatic rings. The van der Waals surface area contributed by atoms with Crippen LogP contribution in [-0.4, -0.2) is 12.4 Å². The lowest BCUT2D eigenvalue weighted by Crippen LogP contribution is -1.94. The zero-order valence-electron chi connectivity index (χ0n) is 12.4. The SMILES string of the molecule is CCCc1ccc(/C=N/N=C/c2cc(F)c(F)c(F)c2)c(F)c1. The Hall–Kier alpha value is -2.50. The summed E-state index contributed by atoms with van der Waals surface area (Å²) in [5.41, 5.74) is 1.15. The van der Waals surface area contributed by atoms with Crippen LogP contribution >= 0.6 is 0 Å². The van der Waals surface area contributed by atoms with Crippen LogP contribution in [0.15, 0.2) is 40.5 Å². The number of hydrogen-bond acceptors (Lipinski definition) is 2. The van der Waals surface area contributed by atoms with Gasteiger partial charge in [0.25, 0.3) is 0 Å². The first-order valence-electron chi connectivity index (χ1n) is 7.00. The molecule has 0 aromatic heterocycles. The van der Waals surface area contributed by atoms with Crippen molar-refractivity contribution >= 4 is 12.4 Å². The fraction of sp³-hybridized carbons (Fsp3) is 0.176. The summed E-state index contributed by atoms with van der Waals surface area (Å²) in [5, 5.41) is 7.19. The summed E-state index contributed by atoms with van der Waals surface area (Å²) in [4.78, 5) is 0. The maximum absolute atomic E-state index is 13.8. The number of hydrogen-bond donors (Lipinski definition) is 0. The van der Waals surface area contributed by atoms with Crippen LogP contribution < -0.4 is 0 Å². The third-order valence-corrected chi connectivity index (χ3v) is 3.08. The largest absolute Gasteiger partial charge is 0.206 e. The second-order valence-electron chi connectivity index (χ2n) is 4.89. The van der Waals surface area contributed by atoms with E-state index in [2.05, 4.69) is 10.2 Å². The molecule has 0 atom stereocenters. The van der Waals surface area contributed by atoms with E-state index >= 15 is 0 Å². The molecule has 0 saturated carbocycles. The maximum atomic E-state index is 13.8. The van der Waals surface area contributed by atoms with Gasteiger partial charge in [-0.1, -0.05) is 25.5 Å². The summed E-state index contributed by atoms with van der Waals surface area (Å²) in [5.74, 6) is -4.59. The summed E-state index contributed by atoms with van der Waals surface area (Å²) >= 11 is 0. The normalized spacial score (nSPS) is 11.7. The van der Waals surface area contributed by atoms with Gasteiger partial charge < -0.3 is 0 Å². The average Bonchev–Trinajstić information content (AvgIpc) is 2.51. The van der Waals surface area contributed by atoms with E-state index in [1.807, 2.05) is 6.92 Å². The predicted molar refractivity (Wildman–Crippen MR) is 81.9 cm³/mol. The molecular formula is C17H14F4N2. The van der Waals surface area contributed by atoms with Crippen molar-refractivity contribution in [2.75, 3.05) is 0 Å². The van der Waals surface area contributed by atoms with Crippen molar-refractivity contribution in [3.05, 3.63) is 70.3 Å². The highest BCUT2D eigenvalue weighted by atomic mass is 19.2. The standard InChI is InChI=1S/C17H14F4N2/c1-2-3-11-4-5-13(14(18)6-11)10-23-22-9-12-7-15(19)17(21)16(20)8-12/h4-10H,2-3H2,1H3/b22-9+,23-10+. The molecule has 2 aromatic carbocycles. The molecule has 2 rings (SSSR count). The van der Waals surface area contributed by atoms with Crippen molar-refractivity contribution in [3.63, 3.8) is 0 Å². The number of benzene rings is 2. The van der Waals surface area contributed by atoms with E-state index in [9.17, 15) is 17.6 Å². The minimum atomic E-state index is -1.54. The van der Waals surface area contributed by atoms with E-state index in [-0.39, 0.29) is 11.1 Å². The lowest BCUT2D eigenvalue weighted by Gasteiger charge is -2.00. The van der Waals surface area contributed by atoms with Crippen LogP contribution in [0.5, 0.6) is 0 Å². The molecule has 0 saturated heterocycles. The molecule has 0 aliphatic rings. The van der Waals surface area contributed by atoms with Gasteiger partial charge in [-0.05, 0) is 30.2 Å². The molecule has 0 unspecified atom stereocenters. The first kappa shape index (κ1) is 16.9. The summed E-state index contributed by atoms with van der Waals surface area (Å²) in [6.07, 6.45) is 3.94. The second kappa shape index (κ2) is 7.67. The van der Waals surface area contributed by atoms with Gasteiger partial charge >= 0.3 is 0 Å². The van der Waals surface area contributed by atoms with Gasteiger partial charge in [0.1, 0.15) is 5.82 Å². The fourth-order valence-corrected chi connectivity index (χ4v) is 1.96. The Morgan fingerprint density at radius 3 is 2.13 bits per heavy atom. The molecule has 0 amide bonds. The minimum Gasteiger partial charge on any atom is -0.206 e. The van der Waals surface area contributed by atoms with Gasteiger partial charge in [0, 0.05) is 11.1 Å². The average molecular weight is 322 g/mol. The zero-order chi connectivity index (χ0) is 16.8. The number of nitrogens with zero attached hydrogens (tertiary/aromatic N) is 2. The smallest absolute Gasteiger partial charge is 0.194 e. The molecule has 0 aliphatic heterocycles. The molecular weight excluding hydrogens is 308 g/mol. The third-order valence-electron chi connectivity index (χ3n) is 3.08. The fourth-order valence-electron chi connectivity index (χ4n) is 1.96. The summed E-state index contributed by atoms with van der Waals surface area (Å²) in [6.45, 7) is 2.00. The van der Waals surface area contributed by atoms with Gasteiger partial charge in [0.15, 0.2) is 17.5 Å². The summed E-state index contributed by atoms with van der Waals surface area (Å²) in [7, 11) is 0. The van der Waals surface area contributed by atoms with Crippen LogP contribution in [0.4, 0.5) is 17.6 Å². The predicted octanol–water partition coefficient (Wildman–Crippen LogP) is 4.65. The lowest BCUT2D eigenvalue weighted by molar-refractivity contribution is 0.447. The molecule has 0 fully saturated rings. The summed E-state index contributed by atoms with van der Waals surface area (Å²) in [6, 6.07) is 6.38. The van der Waals surface area contributed by atoms with Crippen LogP contribution in [0.1, 0.15) is 30.0 Å². The Kier molecular flexibility index (Phi) is 5.62. The molecule has 23 heavy (non-hydrogen) atoms. The van der Waals surface area contributed by atoms with Crippen molar-refractivity contribution in [2.24, 2.45) is 10.2 Å². The van der Waals surface area contributed by atoms with Crippen molar-refractivity contribution in [1.82, 2.24) is 0 Å². The van der Waals surface area contributed by atoms with E-state index in [4.69, 9.17) is 0 Å². The van der Waals surface area contributed by atoms with Crippen LogP contribution in [0.25, 0.3) is 0 Å². The number of aryl methyl sites for hydroxylation is 1. The topological polar surface area (TPSA) is 24.7 Å². The van der Waals surface area contributed by atoms with Crippen LogP contribution in [0.2, 0.25) is 0 Å². The number of halogens is 4. The van der Waals surface area contributed by atoms with Gasteiger partial charge in [-0.15, -0.1) is 0 Å². The Bertz CT molecular complexity index is 731. The molecule has 0 spiro atoms. The molecule has 0 heterocycles. The number of rotatable bonds is 5. The Balaban J connectivity index is 2.09. The van der Waals surface area contributed by atoms with Crippen molar-refractivity contribution in [2.45, 2.75) is 19.8 Å². The molecule has 120 valence electrons. The second-order valence-corrected chi connectivity index (χ2v) is 4.89. The van der Waals surface area contributed by atoms with Gasteiger partial charge in [-0.3, -0.25) is 0 Å². The Morgan fingerprint density at radius 1 is 0.870 bits per heavy atom. The molecule has 6 heteroatoms. The summed E-state index contributed by atoms with van der Waals surface area (Å²) < 4.78 is 52.6. The minimum absolute atomic E-state index is 0.0114. The molecule has 0 radical (unpaired) electrons. The van der Waals surface area contributed by atoms with Gasteiger partial charge in [-0.2, -0.15) is 10.2 Å². The van der Waals surface area contributed by atoms with E-state index in [0.717, 1.165) is 36.8 Å². The monoisotopic (exact) mass is 322 g/mol. The highest BCUT2D eigenvalue weighted by molar-refractivity contribution is 5.82. The lowest BCUT2D eigenvalue weighted by atomic mass is 10.1. The third kappa shape index (κ3) is 4.48. The highest BCUT2D eigenvalue weighted by Gasteiger charge is 2.09. The van der Waals surface area contributed by atoms with Gasteiger partial charge in [0.2, 0.25) is 0 Å². The van der Waals surface area contributed by atoms with Gasteiger partial charge in [0.05, 0.1) is 12.4 Å². The van der Waals surface area contributed by atoms with Crippen LogP contribution in [0.3, 0.4) is 0 Å². The van der Waals surface area contributed by atoms with E-state index in [0.29, 0.717) is 0 Å². The van der Waals surface area contributed by atoms with Crippen molar-refractivity contribution < 1.29 is 17.6 Å². The van der Waals surface area contributed by atoms with Gasteiger partial charge in [-0.25, -0.2) is 17.6 Å². The zero-order valence-corrected chi connectivity index (χ0v) is 12.4. The van der Waals surface area contributed by atoms with E-state index in [1.165, 1.54) is 12.3 Å². The van der Waals surface area contributed by atoms with Crippen LogP contribution in [-0.2, 0) is 6.42 Å². The molecule has 0 aliphatic carbocycles.